The molecule has 0 radical (unpaired) electrons. The zero-order valence-corrected chi connectivity index (χ0v) is 11.0. The number of hydrogen-bond donors (Lipinski definition) is 0. The van der Waals surface area contributed by atoms with Crippen LogP contribution in [0.3, 0.4) is 0 Å². The maximum Gasteiger partial charge on any atom is 0.338 e. The number of non-ortho nitro benzene ring substituents is 1. The van der Waals surface area contributed by atoms with E-state index in [-0.39, 0.29) is 17.7 Å². The first-order valence-electron chi connectivity index (χ1n) is 6.44. The molecule has 1 aromatic rings. The van der Waals surface area contributed by atoms with Crippen LogP contribution >= 0.6 is 0 Å². The average molecular weight is 263 g/mol. The second-order valence-electron chi connectivity index (χ2n) is 5.26. The number of carbonyl (C=O) groups is 1. The molecule has 5 heteroatoms. The van der Waals surface area contributed by atoms with Crippen molar-refractivity contribution in [3.63, 3.8) is 0 Å². The number of esters is 1. The Morgan fingerprint density at radius 1 is 1.32 bits per heavy atom. The highest BCUT2D eigenvalue weighted by molar-refractivity contribution is 5.89. The molecular weight excluding hydrogens is 246 g/mol. The number of nitrogens with zero attached hydrogens (tertiary/aromatic N) is 1. The molecule has 1 fully saturated rings. The molecule has 2 rings (SSSR count). The molecule has 5 nitrogen and oxygen atoms in total. The van der Waals surface area contributed by atoms with Gasteiger partial charge in [-0.25, -0.2) is 4.79 Å². The van der Waals surface area contributed by atoms with Crippen molar-refractivity contribution in [1.82, 2.24) is 0 Å². The van der Waals surface area contributed by atoms with Crippen LogP contribution in [0.15, 0.2) is 24.3 Å². The summed E-state index contributed by atoms with van der Waals surface area (Å²) in [5.41, 5.74) is 0.330. The van der Waals surface area contributed by atoms with Gasteiger partial charge in [0.1, 0.15) is 6.10 Å². The molecule has 1 aromatic carbocycles. The summed E-state index contributed by atoms with van der Waals surface area (Å²) in [6.45, 7) is 4.07. The van der Waals surface area contributed by atoms with Gasteiger partial charge in [-0.05, 0) is 36.8 Å². The van der Waals surface area contributed by atoms with E-state index in [0.717, 1.165) is 12.8 Å². The monoisotopic (exact) mass is 263 g/mol. The smallest absolute Gasteiger partial charge is 0.338 e. The standard InChI is InChI=1S/C14H17NO4/c1-9(2)13(10-3-4-10)19-14(16)11-5-7-12(8-6-11)15(17)18/h5-10,13H,3-4H2,1-2H3. The highest BCUT2D eigenvalue weighted by atomic mass is 16.6. The second kappa shape index (κ2) is 5.38. The highest BCUT2D eigenvalue weighted by Gasteiger charge is 2.36. The number of carbonyl (C=O) groups excluding carboxylic acids is 1. The average Bonchev–Trinajstić information content (AvgIpc) is 3.19. The lowest BCUT2D eigenvalue weighted by Gasteiger charge is -2.20. The van der Waals surface area contributed by atoms with Gasteiger partial charge in [0.2, 0.25) is 0 Å². The molecule has 1 saturated carbocycles. The van der Waals surface area contributed by atoms with Gasteiger partial charge in [-0.3, -0.25) is 10.1 Å². The van der Waals surface area contributed by atoms with Crippen molar-refractivity contribution in [2.24, 2.45) is 11.8 Å². The summed E-state index contributed by atoms with van der Waals surface area (Å²) in [5, 5.41) is 10.5. The zero-order chi connectivity index (χ0) is 14.0. The van der Waals surface area contributed by atoms with Crippen molar-refractivity contribution in [3.8, 4) is 0 Å². The van der Waals surface area contributed by atoms with Crippen LogP contribution in [-0.4, -0.2) is 17.0 Å². The van der Waals surface area contributed by atoms with Crippen LogP contribution < -0.4 is 0 Å². The topological polar surface area (TPSA) is 69.4 Å². The first-order chi connectivity index (χ1) is 8.99. The maximum absolute atomic E-state index is 12.0. The fourth-order valence-electron chi connectivity index (χ4n) is 2.11. The SMILES string of the molecule is CC(C)C(OC(=O)c1ccc([N+](=O)[O-])cc1)C1CC1. The first kappa shape index (κ1) is 13.5. The Morgan fingerprint density at radius 3 is 2.32 bits per heavy atom. The molecule has 0 aromatic heterocycles. The van der Waals surface area contributed by atoms with E-state index in [4.69, 9.17) is 4.74 Å². The lowest BCUT2D eigenvalue weighted by molar-refractivity contribution is -0.384. The fraction of sp³-hybridized carbons (Fsp3) is 0.500. The van der Waals surface area contributed by atoms with E-state index in [2.05, 4.69) is 0 Å². The van der Waals surface area contributed by atoms with Gasteiger partial charge in [0.25, 0.3) is 5.69 Å². The summed E-state index contributed by atoms with van der Waals surface area (Å²) in [7, 11) is 0. The van der Waals surface area contributed by atoms with Crippen molar-refractivity contribution in [1.29, 1.82) is 0 Å². The molecule has 0 bridgehead atoms. The Labute approximate surface area is 111 Å². The number of hydrogen-bond acceptors (Lipinski definition) is 4. The van der Waals surface area contributed by atoms with Crippen LogP contribution in [0.2, 0.25) is 0 Å². The zero-order valence-electron chi connectivity index (χ0n) is 11.0. The number of nitro groups is 1. The largest absolute Gasteiger partial charge is 0.458 e. The quantitative estimate of drug-likeness (QED) is 0.464. The lowest BCUT2D eigenvalue weighted by Crippen LogP contribution is -2.25. The Hall–Kier alpha value is -1.91. The molecule has 0 N–H and O–H groups in total. The van der Waals surface area contributed by atoms with E-state index < -0.39 is 10.9 Å². The minimum Gasteiger partial charge on any atom is -0.458 e. The molecule has 102 valence electrons. The van der Waals surface area contributed by atoms with Crippen LogP contribution in [-0.2, 0) is 4.74 Å². The number of ether oxygens (including phenoxy) is 1. The van der Waals surface area contributed by atoms with Crippen LogP contribution in [0.5, 0.6) is 0 Å². The van der Waals surface area contributed by atoms with Crippen molar-refractivity contribution in [2.45, 2.75) is 32.8 Å². The predicted octanol–water partition coefficient (Wildman–Crippen LogP) is 3.19. The van der Waals surface area contributed by atoms with E-state index in [1.807, 2.05) is 13.8 Å². The van der Waals surface area contributed by atoms with Gasteiger partial charge >= 0.3 is 5.97 Å². The Balaban J connectivity index is 2.04. The minimum atomic E-state index is -0.490. The Morgan fingerprint density at radius 2 is 1.89 bits per heavy atom. The molecule has 0 amide bonds. The van der Waals surface area contributed by atoms with Gasteiger partial charge in [-0.1, -0.05) is 13.8 Å². The Bertz CT molecular complexity index is 475. The third-order valence-corrected chi connectivity index (χ3v) is 3.30. The summed E-state index contributed by atoms with van der Waals surface area (Å²) in [5.74, 6) is 0.358. The van der Waals surface area contributed by atoms with E-state index >= 15 is 0 Å². The summed E-state index contributed by atoms with van der Waals surface area (Å²) < 4.78 is 5.51. The summed E-state index contributed by atoms with van der Waals surface area (Å²) in [6, 6.07) is 5.51. The maximum atomic E-state index is 12.0. The van der Waals surface area contributed by atoms with Gasteiger partial charge in [-0.15, -0.1) is 0 Å². The molecule has 0 heterocycles. The third-order valence-electron chi connectivity index (χ3n) is 3.30. The lowest BCUT2D eigenvalue weighted by atomic mass is 10.0. The molecule has 1 aliphatic carbocycles. The highest BCUT2D eigenvalue weighted by Crippen LogP contribution is 2.37. The predicted molar refractivity (Wildman–Crippen MR) is 69.9 cm³/mol. The van der Waals surface area contributed by atoms with Gasteiger partial charge < -0.3 is 4.74 Å². The van der Waals surface area contributed by atoms with Crippen molar-refractivity contribution in [2.75, 3.05) is 0 Å². The van der Waals surface area contributed by atoms with Gasteiger partial charge in [-0.2, -0.15) is 0 Å². The van der Waals surface area contributed by atoms with Crippen molar-refractivity contribution in [3.05, 3.63) is 39.9 Å². The summed E-state index contributed by atoms with van der Waals surface area (Å²) >= 11 is 0. The molecule has 19 heavy (non-hydrogen) atoms. The van der Waals surface area contributed by atoms with E-state index in [9.17, 15) is 14.9 Å². The number of benzene rings is 1. The summed E-state index contributed by atoms with van der Waals surface area (Å²) in [4.78, 5) is 22.0. The van der Waals surface area contributed by atoms with Crippen LogP contribution in [0.1, 0.15) is 37.0 Å². The first-order valence-corrected chi connectivity index (χ1v) is 6.44. The van der Waals surface area contributed by atoms with E-state index in [1.54, 1.807) is 0 Å². The minimum absolute atomic E-state index is 0.0286. The van der Waals surface area contributed by atoms with Crippen molar-refractivity contribution >= 4 is 11.7 Å². The molecule has 0 saturated heterocycles. The van der Waals surface area contributed by atoms with Gasteiger partial charge in [0, 0.05) is 12.1 Å². The molecule has 0 aliphatic heterocycles. The normalized spacial score (nSPS) is 16.2. The van der Waals surface area contributed by atoms with Crippen LogP contribution in [0, 0.1) is 22.0 Å². The second-order valence-corrected chi connectivity index (χ2v) is 5.26. The fourth-order valence-corrected chi connectivity index (χ4v) is 2.11. The number of nitro benzene ring substituents is 1. The van der Waals surface area contributed by atoms with Crippen LogP contribution in [0.4, 0.5) is 5.69 Å². The molecule has 1 aliphatic rings. The summed E-state index contributed by atoms with van der Waals surface area (Å²) in [6.07, 6.45) is 2.16. The van der Waals surface area contributed by atoms with Gasteiger partial charge in [0.15, 0.2) is 0 Å². The Kier molecular flexibility index (Phi) is 3.83. The van der Waals surface area contributed by atoms with E-state index in [1.165, 1.54) is 24.3 Å². The third kappa shape index (κ3) is 3.30. The van der Waals surface area contributed by atoms with E-state index in [0.29, 0.717) is 11.5 Å². The van der Waals surface area contributed by atoms with Crippen LogP contribution in [0.25, 0.3) is 0 Å². The van der Waals surface area contributed by atoms with Crippen molar-refractivity contribution < 1.29 is 14.5 Å². The molecule has 1 unspecified atom stereocenters. The molecular formula is C14H17NO4. The molecule has 1 atom stereocenters. The molecule has 0 spiro atoms. The van der Waals surface area contributed by atoms with Gasteiger partial charge in [0.05, 0.1) is 10.5 Å². The number of rotatable bonds is 5.